The molecule has 1 N–H and O–H groups in total. The number of nitrogens with zero attached hydrogens (tertiary/aromatic N) is 11. The van der Waals surface area contributed by atoms with Crippen LogP contribution in [0.4, 0.5) is 41.4 Å². The molecule has 16 nitrogen and oxygen atoms in total. The number of hydrogen-bond donors (Lipinski definition) is 1. The molecule has 79 heavy (non-hydrogen) atoms. The molecule has 0 saturated carbocycles. The number of rotatable bonds is 6. The van der Waals surface area contributed by atoms with Crippen LogP contribution >= 0.6 is 58.0 Å². The summed E-state index contributed by atoms with van der Waals surface area (Å²) in [5.41, 5.74) is 7.00. The fourth-order valence-electron chi connectivity index (χ4n) is 9.87. The molecule has 416 valence electrons. The number of carbonyl (C=O) groups is 4. The second kappa shape index (κ2) is 24.7. The van der Waals surface area contributed by atoms with E-state index in [-0.39, 0.29) is 29.5 Å². The van der Waals surface area contributed by atoms with Gasteiger partial charge in [-0.2, -0.15) is 10.2 Å². The zero-order valence-electron chi connectivity index (χ0n) is 44.7. The molecule has 0 radical (unpaired) electrons. The van der Waals surface area contributed by atoms with Crippen molar-refractivity contribution in [2.75, 3.05) is 101 Å². The molecule has 10 rings (SSSR count). The van der Waals surface area contributed by atoms with Gasteiger partial charge in [-0.25, -0.2) is 22.9 Å². The molecular weight excluding hydrogens is 1120 g/mol. The van der Waals surface area contributed by atoms with Crippen LogP contribution in [0.2, 0.25) is 20.1 Å². The van der Waals surface area contributed by atoms with Gasteiger partial charge in [-0.15, -0.1) is 0 Å². The first kappa shape index (κ1) is 58.3. The second-order valence-corrected chi connectivity index (χ2v) is 21.5. The minimum atomic E-state index is -0.686. The van der Waals surface area contributed by atoms with E-state index in [0.717, 1.165) is 34.1 Å². The lowest BCUT2D eigenvalue weighted by Gasteiger charge is -2.41. The Kier molecular flexibility index (Phi) is 18.2. The monoisotopic (exact) mass is 1180 g/mol. The molecule has 0 bridgehead atoms. The van der Waals surface area contributed by atoms with Gasteiger partial charge in [0, 0.05) is 127 Å². The standard InChI is InChI=1S/C28H29Cl2FN6O2.C25H24Cl2FN5O.C3H6ClNO/c1-17-16-23-36(28(39)33(3)4)18(2)24(26(37(23)32-17)21-6-5-7-22(29)25(21)30)27(38)35-14-12-34(13-15-35)20-10-8-19(31)9-11-20;1-15-14-21-29-16(2)22(24(33(21)30-15)19-4-3-5-20(26)23(19)27)25(34)32-12-10-31(11-13-32)18-8-6-17(28)7-9-18;1-5(2)3(4)6/h5-11,16,26H,12-15H2,1-4H3;3-9,14,24,29H,10-13H2,1-2H3;1-2H3. The van der Waals surface area contributed by atoms with Crippen molar-refractivity contribution in [2.45, 2.75) is 39.8 Å². The summed E-state index contributed by atoms with van der Waals surface area (Å²) in [4.78, 5) is 63.6. The van der Waals surface area contributed by atoms with Crippen molar-refractivity contribution in [3.63, 3.8) is 0 Å². The van der Waals surface area contributed by atoms with E-state index in [9.17, 15) is 28.0 Å². The third-order valence-electron chi connectivity index (χ3n) is 13.9. The highest BCUT2D eigenvalue weighted by atomic mass is 35.5. The molecule has 2 atom stereocenters. The number of piperazine rings is 2. The van der Waals surface area contributed by atoms with Crippen LogP contribution in [0.5, 0.6) is 0 Å². The van der Waals surface area contributed by atoms with Crippen LogP contribution in [-0.2, 0) is 9.59 Å². The SMILES string of the molecule is CC1=C(C(=O)N2CCN(c3ccc(F)cc3)CC2)C(c2cccc(Cl)c2Cl)n2nc(C)cc2N1.CC1=C(C(=O)N2CCN(c3ccc(F)cc3)CC2)C(c2cccc(Cl)c2Cl)n2nc(C)cc2N1C(=O)N(C)C.CN(C)C(=O)Cl. The molecule has 5 amide bonds. The van der Waals surface area contributed by atoms with Crippen molar-refractivity contribution in [3.8, 4) is 0 Å². The maximum absolute atomic E-state index is 14.3. The first-order chi connectivity index (χ1) is 37.6. The molecular formula is C56H59Cl5F2N12O4. The molecule has 0 aliphatic carbocycles. The molecule has 2 aromatic heterocycles. The Bertz CT molecular complexity index is 3330. The quantitative estimate of drug-likeness (QED) is 0.128. The highest BCUT2D eigenvalue weighted by Crippen LogP contribution is 2.45. The summed E-state index contributed by atoms with van der Waals surface area (Å²) >= 11 is 31.0. The zero-order valence-corrected chi connectivity index (χ0v) is 48.5. The van der Waals surface area contributed by atoms with E-state index >= 15 is 0 Å². The van der Waals surface area contributed by atoms with Gasteiger partial charge in [0.05, 0.1) is 42.6 Å². The molecule has 2 unspecified atom stereocenters. The normalized spacial score (nSPS) is 17.0. The van der Waals surface area contributed by atoms with Gasteiger partial charge in [0.2, 0.25) is 0 Å². The van der Waals surface area contributed by atoms with E-state index in [4.69, 9.17) is 63.1 Å². The van der Waals surface area contributed by atoms with Crippen LogP contribution in [0.1, 0.15) is 48.4 Å². The van der Waals surface area contributed by atoms with Crippen molar-refractivity contribution in [3.05, 3.63) is 174 Å². The zero-order chi connectivity index (χ0) is 57.1. The Morgan fingerprint density at radius 2 is 0.987 bits per heavy atom. The maximum Gasteiger partial charge on any atom is 0.329 e. The van der Waals surface area contributed by atoms with E-state index in [1.807, 2.05) is 60.7 Å². The van der Waals surface area contributed by atoms with Crippen molar-refractivity contribution in [1.29, 1.82) is 0 Å². The second-order valence-electron chi connectivity index (χ2n) is 19.6. The lowest BCUT2D eigenvalue weighted by molar-refractivity contribution is -0.128. The summed E-state index contributed by atoms with van der Waals surface area (Å²) in [5, 5.41) is 13.8. The van der Waals surface area contributed by atoms with Gasteiger partial charge in [0.15, 0.2) is 0 Å². The van der Waals surface area contributed by atoms with Crippen LogP contribution in [0.3, 0.4) is 0 Å². The number of urea groups is 1. The molecule has 4 aliphatic heterocycles. The number of allylic oxidation sites excluding steroid dienone is 2. The minimum absolute atomic E-state index is 0.0661. The number of carbonyl (C=O) groups excluding carboxylic acids is 4. The summed E-state index contributed by atoms with van der Waals surface area (Å²) in [6, 6.07) is 25.8. The van der Waals surface area contributed by atoms with Crippen LogP contribution in [0.15, 0.2) is 120 Å². The fraction of sp³-hybridized carbons (Fsp3) is 0.321. The average molecular weight is 1180 g/mol. The van der Waals surface area contributed by atoms with Crippen LogP contribution < -0.4 is 20.0 Å². The lowest BCUT2D eigenvalue weighted by Crippen LogP contribution is -2.51. The Balaban J connectivity index is 0.000000190. The number of fused-ring (bicyclic) bond motifs is 2. The topological polar surface area (TPSA) is 139 Å². The predicted octanol–water partition coefficient (Wildman–Crippen LogP) is 11.5. The van der Waals surface area contributed by atoms with Gasteiger partial charge >= 0.3 is 11.4 Å². The molecule has 6 heterocycles. The smallest absolute Gasteiger partial charge is 0.329 e. The van der Waals surface area contributed by atoms with Crippen molar-refractivity contribution >= 4 is 104 Å². The number of aromatic nitrogens is 4. The lowest BCUT2D eigenvalue weighted by atomic mass is 9.93. The van der Waals surface area contributed by atoms with Gasteiger partial charge < -0.3 is 34.7 Å². The van der Waals surface area contributed by atoms with Gasteiger partial charge in [-0.1, -0.05) is 70.7 Å². The molecule has 23 heteroatoms. The maximum atomic E-state index is 14.3. The summed E-state index contributed by atoms with van der Waals surface area (Å²) in [5.74, 6) is 0.522. The van der Waals surface area contributed by atoms with Gasteiger partial charge in [-0.3, -0.25) is 19.3 Å². The highest BCUT2D eigenvalue weighted by Gasteiger charge is 2.43. The average Bonchev–Trinajstić information content (AvgIpc) is 4.26. The van der Waals surface area contributed by atoms with E-state index in [1.165, 1.54) is 39.0 Å². The van der Waals surface area contributed by atoms with E-state index in [0.29, 0.717) is 106 Å². The van der Waals surface area contributed by atoms with Crippen LogP contribution in [0.25, 0.3) is 0 Å². The van der Waals surface area contributed by atoms with Crippen molar-refractivity contribution < 1.29 is 28.0 Å². The van der Waals surface area contributed by atoms with E-state index < -0.39 is 17.5 Å². The number of hydrogen-bond acceptors (Lipinski definition) is 9. The number of anilines is 4. The van der Waals surface area contributed by atoms with Gasteiger partial charge in [0.25, 0.3) is 11.8 Å². The van der Waals surface area contributed by atoms with Crippen molar-refractivity contribution in [2.24, 2.45) is 0 Å². The number of aryl methyl sites for hydroxylation is 2. The van der Waals surface area contributed by atoms with Crippen LogP contribution in [-0.4, -0.2) is 143 Å². The van der Waals surface area contributed by atoms with Crippen molar-refractivity contribution in [1.82, 2.24) is 39.2 Å². The Hall–Kier alpha value is -6.83. The molecule has 0 spiro atoms. The first-order valence-corrected chi connectivity index (χ1v) is 27.1. The number of nitrogens with one attached hydrogen (secondary N) is 1. The molecule has 4 aliphatic rings. The summed E-state index contributed by atoms with van der Waals surface area (Å²) in [6.45, 7) is 11.9. The Morgan fingerprint density at radius 3 is 1.43 bits per heavy atom. The van der Waals surface area contributed by atoms with Gasteiger partial charge in [0.1, 0.15) is 35.4 Å². The minimum Gasteiger partial charge on any atom is -0.368 e. The highest BCUT2D eigenvalue weighted by molar-refractivity contribution is 6.62. The third kappa shape index (κ3) is 12.5. The fourth-order valence-corrected chi connectivity index (χ4v) is 10.7. The van der Waals surface area contributed by atoms with E-state index in [2.05, 4.69) is 20.2 Å². The summed E-state index contributed by atoms with van der Waals surface area (Å²) < 4.78 is 30.2. The molecule has 4 aromatic carbocycles. The molecule has 6 aromatic rings. The number of benzene rings is 4. The number of halogens is 7. The summed E-state index contributed by atoms with van der Waals surface area (Å²) in [6.07, 6.45) is 0. The number of amides is 5. The van der Waals surface area contributed by atoms with Crippen LogP contribution in [0, 0.1) is 25.5 Å². The third-order valence-corrected chi connectivity index (χ3v) is 15.9. The Labute approximate surface area is 482 Å². The largest absolute Gasteiger partial charge is 0.368 e. The van der Waals surface area contributed by atoms with Gasteiger partial charge in [-0.05, 0) is 100.0 Å². The first-order valence-electron chi connectivity index (χ1n) is 25.2. The molecule has 2 fully saturated rings. The molecule has 2 saturated heterocycles. The van der Waals surface area contributed by atoms with E-state index in [1.54, 1.807) is 87.2 Å². The predicted molar refractivity (Wildman–Crippen MR) is 309 cm³/mol. The summed E-state index contributed by atoms with van der Waals surface area (Å²) in [7, 11) is 6.52. The Morgan fingerprint density at radius 1 is 0.570 bits per heavy atom.